The molecule has 0 saturated heterocycles. The van der Waals surface area contributed by atoms with E-state index in [1.165, 1.54) is 38.2 Å². The second-order valence-corrected chi connectivity index (χ2v) is 9.39. The lowest BCUT2D eigenvalue weighted by atomic mass is 9.89. The van der Waals surface area contributed by atoms with Crippen molar-refractivity contribution < 1.29 is 18.6 Å². The maximum atomic E-state index is 13.8. The summed E-state index contributed by atoms with van der Waals surface area (Å²) in [6, 6.07) is 15.2. The van der Waals surface area contributed by atoms with E-state index in [1.54, 1.807) is 12.1 Å². The molecule has 0 aliphatic rings. The molecule has 0 N–H and O–H groups in total. The Morgan fingerprint density at radius 2 is 1.23 bits per heavy atom. The minimum absolute atomic E-state index is 0.0418. The van der Waals surface area contributed by atoms with Crippen LogP contribution in [-0.4, -0.2) is 25.8 Å². The molecule has 0 radical (unpaired) electrons. The monoisotopic (exact) mass is 486 g/mol. The number of hydrogen-bond donors (Lipinski definition) is 0. The average molecular weight is 487 g/mol. The molecule has 196 valence electrons. The van der Waals surface area contributed by atoms with Gasteiger partial charge in [0.1, 0.15) is 5.82 Å². The number of halogens is 1. The van der Waals surface area contributed by atoms with E-state index in [0.29, 0.717) is 19.8 Å². The standard InChI is InChI=1S/C31H47FO3/c1-5-9-10-11-12-13-17-30(31(33-22-6-2,34-23-7-3)35-24-8-4)27-20-18-26(19-21-27)28-15-14-16-29(32)25-28/h14-16,18-21,25,30H,5-13,17,22-24H2,1-4H3. The van der Waals surface area contributed by atoms with Gasteiger partial charge in [-0.1, -0.05) is 103 Å². The van der Waals surface area contributed by atoms with E-state index in [2.05, 4.69) is 52.0 Å². The van der Waals surface area contributed by atoms with Gasteiger partial charge in [0, 0.05) is 0 Å². The minimum Gasteiger partial charge on any atom is -0.327 e. The van der Waals surface area contributed by atoms with Crippen molar-refractivity contribution in [2.75, 3.05) is 19.8 Å². The van der Waals surface area contributed by atoms with Crippen LogP contribution in [0.15, 0.2) is 48.5 Å². The van der Waals surface area contributed by atoms with Gasteiger partial charge < -0.3 is 14.2 Å². The Kier molecular flexibility index (Phi) is 14.2. The van der Waals surface area contributed by atoms with Gasteiger partial charge in [-0.3, -0.25) is 0 Å². The summed E-state index contributed by atoms with van der Waals surface area (Å²) in [5, 5.41) is 0. The number of rotatable bonds is 19. The maximum absolute atomic E-state index is 13.8. The first-order valence-corrected chi connectivity index (χ1v) is 13.9. The van der Waals surface area contributed by atoms with Gasteiger partial charge in [-0.15, -0.1) is 0 Å². The lowest BCUT2D eigenvalue weighted by Gasteiger charge is -2.40. The van der Waals surface area contributed by atoms with Crippen LogP contribution in [0.2, 0.25) is 0 Å². The molecule has 1 atom stereocenters. The topological polar surface area (TPSA) is 27.7 Å². The Hall–Kier alpha value is -1.75. The summed E-state index contributed by atoms with van der Waals surface area (Å²) < 4.78 is 33.1. The molecule has 0 saturated carbocycles. The molecule has 2 rings (SSSR count). The van der Waals surface area contributed by atoms with Crippen molar-refractivity contribution in [2.45, 2.75) is 104 Å². The highest BCUT2D eigenvalue weighted by Crippen LogP contribution is 2.39. The highest BCUT2D eigenvalue weighted by Gasteiger charge is 2.43. The van der Waals surface area contributed by atoms with Crippen molar-refractivity contribution in [1.29, 1.82) is 0 Å². The Balaban J connectivity index is 2.35. The van der Waals surface area contributed by atoms with Crippen LogP contribution >= 0.6 is 0 Å². The fourth-order valence-corrected chi connectivity index (χ4v) is 4.41. The van der Waals surface area contributed by atoms with Crippen LogP contribution in [0.3, 0.4) is 0 Å². The molecule has 4 heteroatoms. The lowest BCUT2D eigenvalue weighted by molar-refractivity contribution is -0.392. The van der Waals surface area contributed by atoms with E-state index >= 15 is 0 Å². The Bertz CT molecular complexity index is 783. The number of hydrogen-bond acceptors (Lipinski definition) is 3. The van der Waals surface area contributed by atoms with Crippen LogP contribution in [0.25, 0.3) is 11.1 Å². The summed E-state index contributed by atoms with van der Waals surface area (Å²) in [5.74, 6) is -1.36. The summed E-state index contributed by atoms with van der Waals surface area (Å²) in [5.41, 5.74) is 3.01. The molecule has 1 unspecified atom stereocenters. The van der Waals surface area contributed by atoms with Gasteiger partial charge in [-0.2, -0.15) is 0 Å². The van der Waals surface area contributed by atoms with Crippen molar-refractivity contribution >= 4 is 0 Å². The molecule has 35 heavy (non-hydrogen) atoms. The molecule has 2 aromatic carbocycles. The molecule has 0 heterocycles. The average Bonchev–Trinajstić information content (AvgIpc) is 2.88. The summed E-state index contributed by atoms with van der Waals surface area (Å²) in [7, 11) is 0. The molecule has 0 fully saturated rings. The first kappa shape index (κ1) is 29.5. The first-order valence-electron chi connectivity index (χ1n) is 13.9. The second kappa shape index (κ2) is 16.8. The zero-order chi connectivity index (χ0) is 25.4. The van der Waals surface area contributed by atoms with Gasteiger partial charge in [-0.05, 0) is 54.5 Å². The van der Waals surface area contributed by atoms with Gasteiger partial charge in [-0.25, -0.2) is 4.39 Å². The lowest BCUT2D eigenvalue weighted by Crippen LogP contribution is -2.46. The zero-order valence-corrected chi connectivity index (χ0v) is 22.5. The molecule has 3 nitrogen and oxygen atoms in total. The summed E-state index contributed by atoms with van der Waals surface area (Å²) >= 11 is 0. The Morgan fingerprint density at radius 3 is 1.77 bits per heavy atom. The minimum atomic E-state index is -1.09. The molecular weight excluding hydrogens is 439 g/mol. The summed E-state index contributed by atoms with van der Waals surface area (Å²) in [6.45, 7) is 10.3. The predicted molar refractivity (Wildman–Crippen MR) is 144 cm³/mol. The third kappa shape index (κ3) is 9.67. The predicted octanol–water partition coefficient (Wildman–Crippen LogP) is 9.26. The molecule has 0 amide bonds. The Morgan fingerprint density at radius 1 is 0.657 bits per heavy atom. The van der Waals surface area contributed by atoms with Gasteiger partial charge in [0.25, 0.3) is 5.97 Å². The van der Waals surface area contributed by atoms with Crippen molar-refractivity contribution in [3.05, 3.63) is 59.9 Å². The van der Waals surface area contributed by atoms with Crippen LogP contribution in [-0.2, 0) is 14.2 Å². The zero-order valence-electron chi connectivity index (χ0n) is 22.5. The normalized spacial score (nSPS) is 12.7. The largest absolute Gasteiger partial charge is 0.327 e. The number of ether oxygens (including phenoxy) is 3. The first-order chi connectivity index (χ1) is 17.1. The van der Waals surface area contributed by atoms with E-state index in [1.807, 2.05) is 6.07 Å². The van der Waals surface area contributed by atoms with E-state index in [9.17, 15) is 4.39 Å². The van der Waals surface area contributed by atoms with Crippen LogP contribution in [0.5, 0.6) is 0 Å². The molecule has 0 aliphatic carbocycles. The SMILES string of the molecule is CCCCCCCCC(c1ccc(-c2cccc(F)c2)cc1)C(OCCC)(OCCC)OCCC. The maximum Gasteiger partial charge on any atom is 0.290 e. The smallest absolute Gasteiger partial charge is 0.290 e. The van der Waals surface area contributed by atoms with Crippen LogP contribution < -0.4 is 0 Å². The van der Waals surface area contributed by atoms with E-state index in [0.717, 1.165) is 48.8 Å². The van der Waals surface area contributed by atoms with E-state index in [-0.39, 0.29) is 11.7 Å². The molecular formula is C31H47FO3. The fourth-order valence-electron chi connectivity index (χ4n) is 4.41. The second-order valence-electron chi connectivity index (χ2n) is 9.39. The summed E-state index contributed by atoms with van der Waals surface area (Å²) in [4.78, 5) is 0. The Labute approximate surface area is 213 Å². The van der Waals surface area contributed by atoms with Gasteiger partial charge >= 0.3 is 0 Å². The van der Waals surface area contributed by atoms with Crippen molar-refractivity contribution in [1.82, 2.24) is 0 Å². The third-order valence-electron chi connectivity index (χ3n) is 6.27. The van der Waals surface area contributed by atoms with Crippen LogP contribution in [0.1, 0.15) is 103 Å². The van der Waals surface area contributed by atoms with Crippen LogP contribution in [0, 0.1) is 5.82 Å². The highest BCUT2D eigenvalue weighted by molar-refractivity contribution is 5.63. The van der Waals surface area contributed by atoms with E-state index in [4.69, 9.17) is 14.2 Å². The van der Waals surface area contributed by atoms with Crippen molar-refractivity contribution in [3.8, 4) is 11.1 Å². The number of benzene rings is 2. The van der Waals surface area contributed by atoms with E-state index < -0.39 is 5.97 Å². The summed E-state index contributed by atoms with van der Waals surface area (Å²) in [6.07, 6.45) is 11.0. The highest BCUT2D eigenvalue weighted by atomic mass is 19.1. The molecule has 0 spiro atoms. The third-order valence-corrected chi connectivity index (χ3v) is 6.27. The van der Waals surface area contributed by atoms with Crippen LogP contribution in [0.4, 0.5) is 4.39 Å². The fraction of sp³-hybridized carbons (Fsp3) is 0.613. The van der Waals surface area contributed by atoms with Gasteiger partial charge in [0.2, 0.25) is 0 Å². The van der Waals surface area contributed by atoms with Crippen molar-refractivity contribution in [3.63, 3.8) is 0 Å². The molecule has 0 aliphatic heterocycles. The molecule has 0 aromatic heterocycles. The van der Waals surface area contributed by atoms with Crippen molar-refractivity contribution in [2.24, 2.45) is 0 Å². The molecule has 2 aromatic rings. The number of unbranched alkanes of at least 4 members (excludes halogenated alkanes) is 5. The van der Waals surface area contributed by atoms with Gasteiger partial charge in [0.15, 0.2) is 0 Å². The quantitative estimate of drug-likeness (QED) is 0.146. The molecule has 0 bridgehead atoms. The van der Waals surface area contributed by atoms with Gasteiger partial charge in [0.05, 0.1) is 25.7 Å².